The van der Waals surface area contributed by atoms with E-state index in [1.165, 1.54) is 5.75 Å². The van der Waals surface area contributed by atoms with Gasteiger partial charge in [-0.15, -0.1) is 0 Å². The number of hydrogen-bond donors (Lipinski definition) is 2. The van der Waals surface area contributed by atoms with Crippen LogP contribution in [-0.4, -0.2) is 14.3 Å². The summed E-state index contributed by atoms with van der Waals surface area (Å²) >= 11 is 0. The van der Waals surface area contributed by atoms with E-state index in [9.17, 15) is 8.42 Å². The molecule has 4 nitrogen and oxygen atoms in total. The first-order valence-electron chi connectivity index (χ1n) is 5.99. The molecule has 2 aromatic carbocycles. The molecule has 2 rings (SSSR count). The Morgan fingerprint density at radius 3 is 2.10 bits per heavy atom. The summed E-state index contributed by atoms with van der Waals surface area (Å²) in [7, 11) is -3.47. The molecule has 3 N–H and O–H groups in total. The summed E-state index contributed by atoms with van der Waals surface area (Å²) in [4.78, 5) is 0.263. The van der Waals surface area contributed by atoms with E-state index in [4.69, 9.17) is 11.1 Å². The number of aryl methyl sites for hydroxylation is 1. The van der Waals surface area contributed by atoms with Gasteiger partial charge in [-0.25, -0.2) is 8.42 Å². The van der Waals surface area contributed by atoms with E-state index in [1.54, 1.807) is 48.5 Å². The van der Waals surface area contributed by atoms with Crippen molar-refractivity contribution >= 4 is 15.7 Å². The van der Waals surface area contributed by atoms with Crippen molar-refractivity contribution in [2.75, 3.05) is 0 Å². The fraction of sp³-hybridized carbons (Fsp3) is 0.0667. The summed E-state index contributed by atoms with van der Waals surface area (Å²) in [6, 6.07) is 13.2. The third-order valence-corrected chi connectivity index (χ3v) is 4.37. The highest BCUT2D eigenvalue weighted by molar-refractivity contribution is 7.93. The van der Waals surface area contributed by atoms with E-state index in [0.29, 0.717) is 11.1 Å². The first kappa shape index (κ1) is 14.3. The van der Waals surface area contributed by atoms with Gasteiger partial charge in [-0.2, -0.15) is 0 Å². The first-order valence-corrected chi connectivity index (χ1v) is 7.54. The van der Waals surface area contributed by atoms with Crippen molar-refractivity contribution in [3.63, 3.8) is 0 Å². The van der Waals surface area contributed by atoms with E-state index < -0.39 is 9.84 Å². The molecule has 103 valence electrons. The molecule has 1 radical (unpaired) electrons. The monoisotopic (exact) mass is 287 g/mol. The number of amidine groups is 1. The van der Waals surface area contributed by atoms with Crippen LogP contribution >= 0.6 is 0 Å². The van der Waals surface area contributed by atoms with E-state index >= 15 is 0 Å². The SMILES string of the molecule is Cc1ccc(S(=O)(=O)[CH]c2ccc(C(=N)N)cc2)cc1. The zero-order valence-electron chi connectivity index (χ0n) is 11.0. The van der Waals surface area contributed by atoms with Crippen LogP contribution in [0.15, 0.2) is 53.4 Å². The van der Waals surface area contributed by atoms with Crippen LogP contribution in [0.1, 0.15) is 16.7 Å². The summed E-state index contributed by atoms with van der Waals surface area (Å²) in [6.45, 7) is 1.90. The molecule has 0 spiro atoms. The molecular weight excluding hydrogens is 272 g/mol. The van der Waals surface area contributed by atoms with Crippen LogP contribution in [0.2, 0.25) is 0 Å². The molecule has 2 aromatic rings. The van der Waals surface area contributed by atoms with Gasteiger partial charge in [0.25, 0.3) is 0 Å². The third-order valence-electron chi connectivity index (χ3n) is 2.86. The molecular formula is C15H15N2O2S. The van der Waals surface area contributed by atoms with Crippen molar-refractivity contribution in [2.24, 2.45) is 5.73 Å². The van der Waals surface area contributed by atoms with Crippen molar-refractivity contribution in [1.29, 1.82) is 5.41 Å². The predicted molar refractivity (Wildman–Crippen MR) is 79.2 cm³/mol. The van der Waals surface area contributed by atoms with E-state index in [0.717, 1.165) is 5.56 Å². The number of nitrogen functional groups attached to an aromatic ring is 1. The molecule has 5 heteroatoms. The molecule has 0 unspecified atom stereocenters. The Labute approximate surface area is 118 Å². The molecule has 0 heterocycles. The van der Waals surface area contributed by atoms with Crippen molar-refractivity contribution in [3.8, 4) is 0 Å². The summed E-state index contributed by atoms with van der Waals surface area (Å²) in [5.41, 5.74) is 7.48. The van der Waals surface area contributed by atoms with Crippen molar-refractivity contribution in [1.82, 2.24) is 0 Å². The van der Waals surface area contributed by atoms with Crippen molar-refractivity contribution < 1.29 is 8.42 Å². The Hall–Kier alpha value is -2.14. The fourth-order valence-corrected chi connectivity index (χ4v) is 2.88. The van der Waals surface area contributed by atoms with Gasteiger partial charge in [0.2, 0.25) is 0 Å². The predicted octanol–water partition coefficient (Wildman–Crippen LogP) is 2.26. The lowest BCUT2D eigenvalue weighted by atomic mass is 10.1. The highest BCUT2D eigenvalue weighted by Crippen LogP contribution is 2.19. The highest BCUT2D eigenvalue weighted by atomic mass is 32.2. The largest absolute Gasteiger partial charge is 0.384 e. The minimum atomic E-state index is -3.47. The Morgan fingerprint density at radius 2 is 1.60 bits per heavy atom. The molecule has 0 aromatic heterocycles. The molecule has 0 amide bonds. The maximum absolute atomic E-state index is 12.2. The maximum Gasteiger partial charge on any atom is 0.187 e. The van der Waals surface area contributed by atoms with Gasteiger partial charge in [-0.05, 0) is 24.6 Å². The molecule has 0 saturated heterocycles. The van der Waals surface area contributed by atoms with Gasteiger partial charge in [0, 0.05) is 5.56 Å². The molecule has 0 fully saturated rings. The van der Waals surface area contributed by atoms with Crippen molar-refractivity contribution in [2.45, 2.75) is 11.8 Å². The van der Waals surface area contributed by atoms with Gasteiger partial charge in [-0.1, -0.05) is 42.0 Å². The van der Waals surface area contributed by atoms with Gasteiger partial charge >= 0.3 is 0 Å². The summed E-state index contributed by atoms with van der Waals surface area (Å²) < 4.78 is 24.4. The number of rotatable bonds is 4. The summed E-state index contributed by atoms with van der Waals surface area (Å²) in [6.07, 6.45) is 0. The van der Waals surface area contributed by atoms with Crippen LogP contribution in [0.5, 0.6) is 0 Å². The molecule has 0 atom stereocenters. The number of hydrogen-bond acceptors (Lipinski definition) is 3. The van der Waals surface area contributed by atoms with Crippen LogP contribution in [0.3, 0.4) is 0 Å². The second-order valence-electron chi connectivity index (χ2n) is 4.51. The number of nitrogens with two attached hydrogens (primary N) is 1. The maximum atomic E-state index is 12.2. The molecule has 0 aliphatic rings. The van der Waals surface area contributed by atoms with Crippen LogP contribution in [-0.2, 0) is 9.84 Å². The Bertz CT molecular complexity index is 717. The van der Waals surface area contributed by atoms with E-state index in [-0.39, 0.29) is 10.7 Å². The van der Waals surface area contributed by atoms with Gasteiger partial charge in [-0.3, -0.25) is 5.41 Å². The molecule has 0 aliphatic heterocycles. The Balaban J connectivity index is 2.24. The van der Waals surface area contributed by atoms with Crippen LogP contribution in [0.25, 0.3) is 0 Å². The molecule has 0 bridgehead atoms. The zero-order chi connectivity index (χ0) is 14.8. The molecule has 0 aliphatic carbocycles. The smallest absolute Gasteiger partial charge is 0.187 e. The lowest BCUT2D eigenvalue weighted by Crippen LogP contribution is -2.10. The lowest BCUT2D eigenvalue weighted by molar-refractivity contribution is 0.602. The van der Waals surface area contributed by atoms with Crippen LogP contribution in [0, 0.1) is 18.1 Å². The first-order chi connectivity index (χ1) is 9.38. The van der Waals surface area contributed by atoms with Crippen LogP contribution < -0.4 is 5.73 Å². The summed E-state index contributed by atoms with van der Waals surface area (Å²) in [5, 5.41) is 7.29. The van der Waals surface area contributed by atoms with Gasteiger partial charge < -0.3 is 5.73 Å². The number of benzene rings is 2. The van der Waals surface area contributed by atoms with Gasteiger partial charge in [0.05, 0.1) is 4.90 Å². The second-order valence-corrected chi connectivity index (χ2v) is 6.31. The fourth-order valence-electron chi connectivity index (χ4n) is 1.72. The zero-order valence-corrected chi connectivity index (χ0v) is 11.8. The lowest BCUT2D eigenvalue weighted by Gasteiger charge is -2.05. The quantitative estimate of drug-likeness (QED) is 0.668. The standard InChI is InChI=1S/C15H15N2O2S/c1-11-2-8-14(9-3-11)20(18,19)10-12-4-6-13(7-5-12)15(16)17/h2-10H,1H3,(H3,16,17). The average Bonchev–Trinajstić information content (AvgIpc) is 2.39. The second kappa shape index (κ2) is 5.46. The van der Waals surface area contributed by atoms with Gasteiger partial charge in [0.15, 0.2) is 9.84 Å². The van der Waals surface area contributed by atoms with E-state index in [1.807, 2.05) is 6.92 Å². The Kier molecular flexibility index (Phi) is 3.90. The third kappa shape index (κ3) is 3.24. The minimum absolute atomic E-state index is 0.0436. The van der Waals surface area contributed by atoms with Crippen LogP contribution in [0.4, 0.5) is 0 Å². The normalized spacial score (nSPS) is 11.2. The number of sulfone groups is 1. The molecule has 20 heavy (non-hydrogen) atoms. The summed E-state index contributed by atoms with van der Waals surface area (Å²) in [5.74, 6) is 1.17. The van der Waals surface area contributed by atoms with Gasteiger partial charge in [0.1, 0.15) is 11.6 Å². The average molecular weight is 287 g/mol. The van der Waals surface area contributed by atoms with Crippen molar-refractivity contribution in [3.05, 3.63) is 71.0 Å². The highest BCUT2D eigenvalue weighted by Gasteiger charge is 2.15. The Morgan fingerprint density at radius 1 is 1.05 bits per heavy atom. The minimum Gasteiger partial charge on any atom is -0.384 e. The number of nitrogens with one attached hydrogen (secondary N) is 1. The topological polar surface area (TPSA) is 84.0 Å². The molecule has 0 saturated carbocycles. The van der Waals surface area contributed by atoms with E-state index in [2.05, 4.69) is 0 Å².